The number of hydrogen-bond acceptors (Lipinski definition) is 6. The van der Waals surface area contributed by atoms with Crippen molar-refractivity contribution in [1.29, 1.82) is 0 Å². The molecule has 2 amide bonds. The van der Waals surface area contributed by atoms with Crippen LogP contribution in [0.1, 0.15) is 23.2 Å². The molecule has 2 aromatic rings. The predicted octanol–water partition coefficient (Wildman–Crippen LogP) is 2.55. The Bertz CT molecular complexity index is 972. The molecule has 1 heterocycles. The quantitative estimate of drug-likeness (QED) is 0.465. The first-order valence-corrected chi connectivity index (χ1v) is 8.46. The first kappa shape index (κ1) is 19.0. The second-order valence-corrected chi connectivity index (χ2v) is 6.20. The third-order valence-corrected chi connectivity index (χ3v) is 4.29. The second-order valence-electron chi connectivity index (χ2n) is 6.20. The third-order valence-electron chi connectivity index (χ3n) is 4.29. The highest BCUT2D eigenvalue weighted by Crippen LogP contribution is 2.32. The Morgan fingerprint density at radius 1 is 1.21 bits per heavy atom. The number of nitro groups is 1. The number of ketones is 1. The molecule has 1 aliphatic rings. The Kier molecular flexibility index (Phi) is 5.35. The number of hydrogen-bond donors (Lipinski definition) is 1. The molecule has 0 radical (unpaired) electrons. The predicted molar refractivity (Wildman–Crippen MR) is 101 cm³/mol. The first-order chi connectivity index (χ1) is 13.3. The van der Waals surface area contributed by atoms with E-state index in [1.807, 2.05) is 0 Å². The number of nitro benzene ring substituents is 1. The van der Waals surface area contributed by atoms with Crippen LogP contribution in [0, 0.1) is 10.1 Å². The lowest BCUT2D eigenvalue weighted by Gasteiger charge is -2.26. The minimum Gasteiger partial charge on any atom is -0.482 e. The zero-order chi connectivity index (χ0) is 20.3. The number of Topliss-reactive ketones (excluding diaryl/α,β-unsaturated/α-hetero) is 1. The van der Waals surface area contributed by atoms with Gasteiger partial charge in [0.2, 0.25) is 5.91 Å². The molecule has 2 aromatic carbocycles. The monoisotopic (exact) mass is 383 g/mol. The molecule has 9 nitrogen and oxygen atoms in total. The van der Waals surface area contributed by atoms with Gasteiger partial charge < -0.3 is 15.0 Å². The SMILES string of the molecule is CN1C(=O)COc2ccc(C(=O)CCC(=O)Nc3cccc([N+](=O)[O-])c3)cc21. The maximum absolute atomic E-state index is 12.4. The highest BCUT2D eigenvalue weighted by atomic mass is 16.6. The number of nitrogens with zero attached hydrogens (tertiary/aromatic N) is 2. The van der Waals surface area contributed by atoms with Crippen molar-refractivity contribution in [2.45, 2.75) is 12.8 Å². The average Bonchev–Trinajstić information content (AvgIpc) is 2.69. The molecule has 0 bridgehead atoms. The van der Waals surface area contributed by atoms with Crippen LogP contribution in [-0.2, 0) is 9.59 Å². The number of fused-ring (bicyclic) bond motifs is 1. The zero-order valence-electron chi connectivity index (χ0n) is 15.0. The topological polar surface area (TPSA) is 119 Å². The van der Waals surface area contributed by atoms with Gasteiger partial charge in [0.15, 0.2) is 12.4 Å². The fourth-order valence-electron chi connectivity index (χ4n) is 2.74. The fourth-order valence-corrected chi connectivity index (χ4v) is 2.74. The van der Waals surface area contributed by atoms with Crippen molar-refractivity contribution in [3.05, 3.63) is 58.1 Å². The third kappa shape index (κ3) is 4.14. The second kappa shape index (κ2) is 7.87. The van der Waals surface area contributed by atoms with Crippen molar-refractivity contribution in [3.63, 3.8) is 0 Å². The normalized spacial score (nSPS) is 12.8. The molecule has 9 heteroatoms. The number of non-ortho nitro benzene ring substituents is 1. The van der Waals surface area contributed by atoms with Gasteiger partial charge in [0.25, 0.3) is 11.6 Å². The summed E-state index contributed by atoms with van der Waals surface area (Å²) in [5.74, 6) is -0.388. The highest BCUT2D eigenvalue weighted by molar-refractivity contribution is 6.03. The van der Waals surface area contributed by atoms with E-state index in [1.165, 1.54) is 29.2 Å². The number of ether oxygens (including phenoxy) is 1. The molecular formula is C19H17N3O6. The van der Waals surface area contributed by atoms with Crippen molar-refractivity contribution >= 4 is 34.7 Å². The maximum Gasteiger partial charge on any atom is 0.271 e. The number of carbonyl (C=O) groups excluding carboxylic acids is 3. The van der Waals surface area contributed by atoms with Crippen molar-refractivity contribution < 1.29 is 24.0 Å². The highest BCUT2D eigenvalue weighted by Gasteiger charge is 2.23. The smallest absolute Gasteiger partial charge is 0.271 e. The van der Waals surface area contributed by atoms with Crippen LogP contribution in [0.25, 0.3) is 0 Å². The summed E-state index contributed by atoms with van der Waals surface area (Å²) in [5.41, 5.74) is 1.02. The Morgan fingerprint density at radius 3 is 2.75 bits per heavy atom. The molecule has 0 saturated carbocycles. The van der Waals surface area contributed by atoms with E-state index in [0.717, 1.165) is 0 Å². The molecule has 0 aromatic heterocycles. The molecule has 144 valence electrons. The van der Waals surface area contributed by atoms with E-state index >= 15 is 0 Å². The van der Waals surface area contributed by atoms with Crippen LogP contribution in [0.4, 0.5) is 17.1 Å². The molecule has 0 spiro atoms. The van der Waals surface area contributed by atoms with Gasteiger partial charge in [-0.05, 0) is 24.3 Å². The maximum atomic E-state index is 12.4. The molecule has 0 aliphatic carbocycles. The number of anilines is 2. The van der Waals surface area contributed by atoms with E-state index in [-0.39, 0.29) is 42.5 Å². The van der Waals surface area contributed by atoms with Crippen molar-refractivity contribution in [2.24, 2.45) is 0 Å². The van der Waals surface area contributed by atoms with Crippen LogP contribution in [-0.4, -0.2) is 36.2 Å². The number of likely N-dealkylation sites (N-methyl/N-ethyl adjacent to an activating group) is 1. The Morgan fingerprint density at radius 2 is 2.00 bits per heavy atom. The average molecular weight is 383 g/mol. The van der Waals surface area contributed by atoms with Gasteiger partial charge in [-0.3, -0.25) is 24.5 Å². The van der Waals surface area contributed by atoms with E-state index in [1.54, 1.807) is 25.2 Å². The van der Waals surface area contributed by atoms with Gasteiger partial charge in [-0.1, -0.05) is 6.07 Å². The summed E-state index contributed by atoms with van der Waals surface area (Å²) in [7, 11) is 1.60. The summed E-state index contributed by atoms with van der Waals surface area (Å²) < 4.78 is 5.32. The van der Waals surface area contributed by atoms with E-state index in [2.05, 4.69) is 5.32 Å². The lowest BCUT2D eigenvalue weighted by Crippen LogP contribution is -2.35. The minimum atomic E-state index is -0.555. The van der Waals surface area contributed by atoms with Crippen molar-refractivity contribution in [1.82, 2.24) is 0 Å². The molecular weight excluding hydrogens is 366 g/mol. The largest absolute Gasteiger partial charge is 0.482 e. The van der Waals surface area contributed by atoms with Gasteiger partial charge in [-0.2, -0.15) is 0 Å². The van der Waals surface area contributed by atoms with Crippen LogP contribution in [0.15, 0.2) is 42.5 Å². The van der Waals surface area contributed by atoms with Gasteiger partial charge in [-0.15, -0.1) is 0 Å². The van der Waals surface area contributed by atoms with Crippen molar-refractivity contribution in [3.8, 4) is 5.75 Å². The van der Waals surface area contributed by atoms with Crippen LogP contribution in [0.2, 0.25) is 0 Å². The van der Waals surface area contributed by atoms with Gasteiger partial charge in [-0.25, -0.2) is 0 Å². The Labute approximate surface area is 160 Å². The molecule has 0 atom stereocenters. The van der Waals surface area contributed by atoms with Gasteiger partial charge in [0.1, 0.15) is 5.75 Å². The van der Waals surface area contributed by atoms with Crippen molar-refractivity contribution in [2.75, 3.05) is 23.9 Å². The first-order valence-electron chi connectivity index (χ1n) is 8.46. The lowest BCUT2D eigenvalue weighted by molar-refractivity contribution is -0.384. The van der Waals surface area contributed by atoms with Crippen LogP contribution >= 0.6 is 0 Å². The Hall–Kier alpha value is -3.75. The molecule has 28 heavy (non-hydrogen) atoms. The molecule has 0 saturated heterocycles. The lowest BCUT2D eigenvalue weighted by atomic mass is 10.0. The Balaban J connectivity index is 1.61. The number of carbonyl (C=O) groups is 3. The molecule has 0 unspecified atom stereocenters. The standard InChI is InChI=1S/C19H17N3O6/c1-21-15-9-12(5-7-17(15)28-11-19(21)25)16(23)6-8-18(24)20-13-3-2-4-14(10-13)22(26)27/h2-5,7,9-10H,6,8,11H2,1H3,(H,20,24). The molecule has 1 aliphatic heterocycles. The number of amides is 2. The molecule has 3 rings (SSSR count). The van der Waals surface area contributed by atoms with Gasteiger partial charge in [0.05, 0.1) is 10.6 Å². The summed E-state index contributed by atoms with van der Waals surface area (Å²) in [4.78, 5) is 47.8. The summed E-state index contributed by atoms with van der Waals surface area (Å²) in [5, 5.41) is 13.3. The number of rotatable bonds is 6. The summed E-state index contributed by atoms with van der Waals surface area (Å²) in [6.45, 7) is -0.0470. The van der Waals surface area contributed by atoms with Crippen LogP contribution in [0.5, 0.6) is 5.75 Å². The summed E-state index contributed by atoms with van der Waals surface area (Å²) >= 11 is 0. The minimum absolute atomic E-state index is 0.0436. The molecule has 1 N–H and O–H groups in total. The van der Waals surface area contributed by atoms with E-state index in [0.29, 0.717) is 17.0 Å². The zero-order valence-corrected chi connectivity index (χ0v) is 15.0. The van der Waals surface area contributed by atoms with Gasteiger partial charge >= 0.3 is 0 Å². The van der Waals surface area contributed by atoms with Crippen LogP contribution < -0.4 is 15.0 Å². The number of benzene rings is 2. The van der Waals surface area contributed by atoms with E-state index in [9.17, 15) is 24.5 Å². The number of nitrogens with one attached hydrogen (secondary N) is 1. The fraction of sp³-hybridized carbons (Fsp3) is 0.211. The molecule has 0 fully saturated rings. The summed E-state index contributed by atoms with van der Waals surface area (Å²) in [6.07, 6.45) is -0.123. The van der Waals surface area contributed by atoms with Gasteiger partial charge in [0, 0.05) is 43.3 Å². The van der Waals surface area contributed by atoms with E-state index < -0.39 is 10.8 Å². The summed E-state index contributed by atoms with van der Waals surface area (Å²) in [6, 6.07) is 10.3. The van der Waals surface area contributed by atoms with E-state index in [4.69, 9.17) is 4.74 Å². The van der Waals surface area contributed by atoms with Crippen LogP contribution in [0.3, 0.4) is 0 Å².